The van der Waals surface area contributed by atoms with Gasteiger partial charge < -0.3 is 9.84 Å². The van der Waals surface area contributed by atoms with Gasteiger partial charge in [-0.1, -0.05) is 26.8 Å². The Morgan fingerprint density at radius 2 is 2.00 bits per heavy atom. The van der Waals surface area contributed by atoms with Gasteiger partial charge in [-0.05, 0) is 31.6 Å². The van der Waals surface area contributed by atoms with Gasteiger partial charge in [0.05, 0.1) is 30.0 Å². The molecule has 1 aliphatic heterocycles. The molecule has 3 nitrogen and oxygen atoms in total. The molecule has 0 spiro atoms. The Kier molecular flexibility index (Phi) is 2.82. The van der Waals surface area contributed by atoms with Crippen molar-refractivity contribution in [2.24, 2.45) is 16.7 Å². The van der Waals surface area contributed by atoms with Crippen LogP contribution in [0.1, 0.15) is 46.5 Å². The lowest BCUT2D eigenvalue weighted by Gasteiger charge is -2.54. The summed E-state index contributed by atoms with van der Waals surface area (Å²) in [5.41, 5.74) is -0.00128. The molecule has 104 valence electrons. The predicted octanol–water partition coefficient (Wildman–Crippen LogP) is 2.80. The van der Waals surface area contributed by atoms with Crippen LogP contribution in [0.15, 0.2) is 11.6 Å². The summed E-state index contributed by atoms with van der Waals surface area (Å²) < 4.78 is 6.38. The Balaban J connectivity index is 1.95. The normalized spacial score (nSPS) is 45.0. The van der Waals surface area contributed by atoms with E-state index in [9.17, 15) is 10.4 Å². The highest BCUT2D eigenvalue weighted by Gasteiger charge is 2.55. The number of nitriles is 1. The quantitative estimate of drug-likeness (QED) is 0.789. The molecule has 0 aromatic heterocycles. The van der Waals surface area contributed by atoms with E-state index in [0.29, 0.717) is 11.7 Å². The van der Waals surface area contributed by atoms with E-state index in [1.165, 1.54) is 12.8 Å². The summed E-state index contributed by atoms with van der Waals surface area (Å²) in [5, 5.41) is 19.6. The highest BCUT2D eigenvalue weighted by atomic mass is 16.5. The van der Waals surface area contributed by atoms with E-state index in [-0.39, 0.29) is 11.5 Å². The topological polar surface area (TPSA) is 53.2 Å². The number of aliphatic hydroxyl groups excluding tert-OH is 1. The molecular formula is C16H23NO2. The summed E-state index contributed by atoms with van der Waals surface area (Å²) >= 11 is 0. The molecule has 19 heavy (non-hydrogen) atoms. The minimum atomic E-state index is -0.714. The van der Waals surface area contributed by atoms with Crippen molar-refractivity contribution >= 4 is 0 Å². The molecular weight excluding hydrogens is 238 g/mol. The number of hydrogen-bond donors (Lipinski definition) is 1. The first-order chi connectivity index (χ1) is 8.88. The summed E-state index contributed by atoms with van der Waals surface area (Å²) in [5.74, 6) is 0.735. The van der Waals surface area contributed by atoms with Gasteiger partial charge in [-0.3, -0.25) is 0 Å². The van der Waals surface area contributed by atoms with Crippen molar-refractivity contribution < 1.29 is 9.84 Å². The second kappa shape index (κ2) is 4.07. The van der Waals surface area contributed by atoms with E-state index in [1.54, 1.807) is 0 Å². The second-order valence-corrected chi connectivity index (χ2v) is 7.37. The molecule has 1 saturated heterocycles. The Hall–Kier alpha value is -0.850. The van der Waals surface area contributed by atoms with Crippen molar-refractivity contribution in [1.29, 1.82) is 5.26 Å². The number of fused-ring (bicyclic) bond motifs is 1. The zero-order chi connectivity index (χ0) is 13.8. The fourth-order valence-corrected chi connectivity index (χ4v) is 4.04. The number of nitrogens with zero attached hydrogens (tertiary/aromatic N) is 1. The van der Waals surface area contributed by atoms with Crippen LogP contribution < -0.4 is 0 Å². The SMILES string of the molecule is CC1(C)C(O)C(C#N)=C[C@@]2(C)CC[C@H](C3CC3)O[C@H]12. The molecule has 1 unspecified atom stereocenters. The molecule has 2 aliphatic carbocycles. The molecule has 0 bridgehead atoms. The van der Waals surface area contributed by atoms with Gasteiger partial charge in [-0.2, -0.15) is 5.26 Å². The number of ether oxygens (including phenoxy) is 1. The minimum Gasteiger partial charge on any atom is -0.387 e. The van der Waals surface area contributed by atoms with Gasteiger partial charge in [-0.15, -0.1) is 0 Å². The monoisotopic (exact) mass is 261 g/mol. The van der Waals surface area contributed by atoms with Gasteiger partial charge in [-0.25, -0.2) is 0 Å². The van der Waals surface area contributed by atoms with Gasteiger partial charge >= 0.3 is 0 Å². The molecule has 3 heteroatoms. The predicted molar refractivity (Wildman–Crippen MR) is 72.2 cm³/mol. The average Bonchev–Trinajstić information content (AvgIpc) is 3.18. The summed E-state index contributed by atoms with van der Waals surface area (Å²) in [7, 11) is 0. The summed E-state index contributed by atoms with van der Waals surface area (Å²) in [6, 6.07) is 2.17. The zero-order valence-electron chi connectivity index (χ0n) is 12.0. The average molecular weight is 261 g/mol. The molecule has 3 rings (SSSR count). The molecule has 4 atom stereocenters. The van der Waals surface area contributed by atoms with Crippen LogP contribution in [-0.2, 0) is 4.74 Å². The highest BCUT2D eigenvalue weighted by Crippen LogP contribution is 2.54. The van der Waals surface area contributed by atoms with E-state index in [0.717, 1.165) is 18.8 Å². The van der Waals surface area contributed by atoms with Gasteiger partial charge in [0.25, 0.3) is 0 Å². The third kappa shape index (κ3) is 1.93. The van der Waals surface area contributed by atoms with E-state index in [4.69, 9.17) is 4.74 Å². The smallest absolute Gasteiger partial charge is 0.0971 e. The molecule has 0 aromatic carbocycles. The summed E-state index contributed by atoms with van der Waals surface area (Å²) in [6.07, 6.45) is 6.34. The van der Waals surface area contributed by atoms with Crippen LogP contribution in [0.3, 0.4) is 0 Å². The second-order valence-electron chi connectivity index (χ2n) is 7.37. The first-order valence-electron chi connectivity index (χ1n) is 7.35. The lowest BCUT2D eigenvalue weighted by atomic mass is 9.59. The number of hydrogen-bond acceptors (Lipinski definition) is 3. The third-order valence-corrected chi connectivity index (χ3v) is 5.31. The Morgan fingerprint density at radius 1 is 1.32 bits per heavy atom. The zero-order valence-corrected chi connectivity index (χ0v) is 12.0. The van der Waals surface area contributed by atoms with E-state index in [2.05, 4.69) is 13.0 Å². The van der Waals surface area contributed by atoms with Crippen molar-refractivity contribution in [2.75, 3.05) is 0 Å². The van der Waals surface area contributed by atoms with Crippen LogP contribution in [0.5, 0.6) is 0 Å². The number of aliphatic hydroxyl groups is 1. The van der Waals surface area contributed by atoms with Crippen LogP contribution in [0.4, 0.5) is 0 Å². The van der Waals surface area contributed by atoms with Crippen LogP contribution >= 0.6 is 0 Å². The molecule has 1 saturated carbocycles. The maximum atomic E-state index is 10.4. The Bertz CT molecular complexity index is 458. The maximum absolute atomic E-state index is 10.4. The van der Waals surface area contributed by atoms with Gasteiger partial charge in [0.1, 0.15) is 0 Å². The third-order valence-electron chi connectivity index (χ3n) is 5.31. The molecule has 0 aromatic rings. The fourth-order valence-electron chi connectivity index (χ4n) is 4.04. The highest BCUT2D eigenvalue weighted by molar-refractivity contribution is 5.35. The first kappa shape index (κ1) is 13.1. The summed E-state index contributed by atoms with van der Waals surface area (Å²) in [4.78, 5) is 0. The van der Waals surface area contributed by atoms with Gasteiger partial charge in [0.15, 0.2) is 0 Å². The van der Waals surface area contributed by atoms with E-state index < -0.39 is 11.5 Å². The van der Waals surface area contributed by atoms with Crippen LogP contribution in [0.25, 0.3) is 0 Å². The molecule has 1 heterocycles. The van der Waals surface area contributed by atoms with E-state index in [1.807, 2.05) is 19.9 Å². The lowest BCUT2D eigenvalue weighted by Crippen LogP contribution is -2.57. The Labute approximate surface area is 115 Å². The van der Waals surface area contributed by atoms with Crippen molar-refractivity contribution in [2.45, 2.75) is 64.8 Å². The Morgan fingerprint density at radius 3 is 2.58 bits per heavy atom. The van der Waals surface area contributed by atoms with Crippen molar-refractivity contribution in [1.82, 2.24) is 0 Å². The minimum absolute atomic E-state index is 0.00597. The van der Waals surface area contributed by atoms with Crippen LogP contribution in [0, 0.1) is 28.1 Å². The molecule has 3 aliphatic rings. The molecule has 2 fully saturated rings. The lowest BCUT2D eigenvalue weighted by molar-refractivity contribution is -0.188. The van der Waals surface area contributed by atoms with Crippen LogP contribution in [0.2, 0.25) is 0 Å². The van der Waals surface area contributed by atoms with Gasteiger partial charge in [0, 0.05) is 10.8 Å². The molecule has 0 radical (unpaired) electrons. The number of rotatable bonds is 1. The molecule has 1 N–H and O–H groups in total. The fraction of sp³-hybridized carbons (Fsp3) is 0.812. The van der Waals surface area contributed by atoms with Crippen molar-refractivity contribution in [3.8, 4) is 6.07 Å². The van der Waals surface area contributed by atoms with Crippen LogP contribution in [-0.4, -0.2) is 23.4 Å². The van der Waals surface area contributed by atoms with E-state index >= 15 is 0 Å². The van der Waals surface area contributed by atoms with Crippen molar-refractivity contribution in [3.63, 3.8) is 0 Å². The largest absolute Gasteiger partial charge is 0.387 e. The summed E-state index contributed by atoms with van der Waals surface area (Å²) in [6.45, 7) is 6.23. The standard InChI is InChI=1S/C16H23NO2/c1-15(2)13(18)11(9-17)8-16(3)7-6-12(10-4-5-10)19-14(15)16/h8,10,12-14,18H,4-7H2,1-3H3/t12-,13?,14-,16-/m1/s1. The first-order valence-corrected chi connectivity index (χ1v) is 7.35. The van der Waals surface area contributed by atoms with Gasteiger partial charge in [0.2, 0.25) is 0 Å². The van der Waals surface area contributed by atoms with Crippen molar-refractivity contribution in [3.05, 3.63) is 11.6 Å². The maximum Gasteiger partial charge on any atom is 0.0971 e. The molecule has 0 amide bonds.